The van der Waals surface area contributed by atoms with Crippen molar-refractivity contribution in [3.63, 3.8) is 0 Å². The van der Waals surface area contributed by atoms with Gasteiger partial charge in [0.15, 0.2) is 0 Å². The monoisotopic (exact) mass is 272 g/mol. The van der Waals surface area contributed by atoms with Crippen molar-refractivity contribution in [1.29, 1.82) is 0 Å². The molecule has 0 saturated carbocycles. The van der Waals surface area contributed by atoms with Crippen LogP contribution in [0.25, 0.3) is 0 Å². The summed E-state index contributed by atoms with van der Waals surface area (Å²) < 4.78 is 4.89. The van der Waals surface area contributed by atoms with Crippen molar-refractivity contribution in [3.05, 3.63) is 0 Å². The maximum Gasteiger partial charge on any atom is 0.324 e. The van der Waals surface area contributed by atoms with Gasteiger partial charge in [-0.25, -0.2) is 0 Å². The molecule has 0 amide bonds. The van der Waals surface area contributed by atoms with Crippen LogP contribution in [0.1, 0.15) is 53.4 Å². The molecule has 0 aliphatic rings. The number of esters is 1. The van der Waals surface area contributed by atoms with Crippen molar-refractivity contribution < 1.29 is 9.53 Å². The highest BCUT2D eigenvalue weighted by Gasteiger charge is 2.22. The van der Waals surface area contributed by atoms with Crippen LogP contribution < -0.4 is 5.32 Å². The molecule has 4 nitrogen and oxygen atoms in total. The average Bonchev–Trinajstić information content (AvgIpc) is 2.40. The van der Waals surface area contributed by atoms with Crippen molar-refractivity contribution in [1.82, 2.24) is 10.2 Å². The predicted octanol–water partition coefficient (Wildman–Crippen LogP) is 2.43. The van der Waals surface area contributed by atoms with Gasteiger partial charge in [0.25, 0.3) is 0 Å². The number of hydrogen-bond donors (Lipinski definition) is 1. The largest absolute Gasteiger partial charge is 0.468 e. The summed E-state index contributed by atoms with van der Waals surface area (Å²) >= 11 is 0. The van der Waals surface area contributed by atoms with E-state index in [-0.39, 0.29) is 12.0 Å². The third kappa shape index (κ3) is 8.22. The first-order valence-corrected chi connectivity index (χ1v) is 7.62. The molecule has 0 aromatic heterocycles. The van der Waals surface area contributed by atoms with Crippen molar-refractivity contribution in [2.75, 3.05) is 26.7 Å². The Bertz CT molecular complexity index is 232. The van der Waals surface area contributed by atoms with E-state index in [0.717, 1.165) is 26.1 Å². The molecule has 0 aromatic carbocycles. The quantitative estimate of drug-likeness (QED) is 0.463. The van der Waals surface area contributed by atoms with Crippen LogP contribution in [0.5, 0.6) is 0 Å². The number of rotatable bonds is 11. The third-order valence-corrected chi connectivity index (χ3v) is 3.32. The normalized spacial score (nSPS) is 13.0. The molecule has 1 unspecified atom stereocenters. The molecule has 1 atom stereocenters. The molecule has 0 radical (unpaired) electrons. The fourth-order valence-corrected chi connectivity index (χ4v) is 2.04. The summed E-state index contributed by atoms with van der Waals surface area (Å²) in [6, 6.07) is 0.237. The van der Waals surface area contributed by atoms with E-state index in [1.807, 2.05) is 0 Å². The number of nitrogens with zero attached hydrogens (tertiary/aromatic N) is 1. The zero-order valence-corrected chi connectivity index (χ0v) is 13.4. The fraction of sp³-hybridized carbons (Fsp3) is 0.933. The Kier molecular flexibility index (Phi) is 10.9. The van der Waals surface area contributed by atoms with Crippen LogP contribution in [0.2, 0.25) is 0 Å². The van der Waals surface area contributed by atoms with Crippen molar-refractivity contribution in [2.24, 2.45) is 0 Å². The van der Waals surface area contributed by atoms with E-state index in [0.29, 0.717) is 6.04 Å². The zero-order chi connectivity index (χ0) is 14.7. The Hall–Kier alpha value is -0.610. The van der Waals surface area contributed by atoms with Crippen LogP contribution in [0.4, 0.5) is 0 Å². The van der Waals surface area contributed by atoms with Gasteiger partial charge in [-0.15, -0.1) is 0 Å². The molecule has 114 valence electrons. The van der Waals surface area contributed by atoms with Gasteiger partial charge in [-0.2, -0.15) is 0 Å². The molecule has 0 rings (SSSR count). The van der Waals surface area contributed by atoms with Crippen molar-refractivity contribution >= 4 is 5.97 Å². The zero-order valence-electron chi connectivity index (χ0n) is 13.4. The smallest absolute Gasteiger partial charge is 0.324 e. The lowest BCUT2D eigenvalue weighted by Gasteiger charge is -2.30. The summed E-state index contributed by atoms with van der Waals surface area (Å²) in [6.07, 6.45) is 4.68. The van der Waals surface area contributed by atoms with Crippen LogP contribution >= 0.6 is 0 Å². The minimum atomic E-state index is -0.214. The second kappa shape index (κ2) is 11.2. The first-order chi connectivity index (χ1) is 9.06. The molecule has 0 fully saturated rings. The molecule has 0 spiro atoms. The average molecular weight is 272 g/mol. The van der Waals surface area contributed by atoms with E-state index < -0.39 is 0 Å². The summed E-state index contributed by atoms with van der Waals surface area (Å²) in [5, 5.41) is 3.28. The first-order valence-electron chi connectivity index (χ1n) is 7.62. The van der Waals surface area contributed by atoms with Crippen LogP contribution in [-0.2, 0) is 9.53 Å². The van der Waals surface area contributed by atoms with E-state index >= 15 is 0 Å². The Morgan fingerprint density at radius 2 is 1.89 bits per heavy atom. The lowest BCUT2D eigenvalue weighted by Crippen LogP contribution is -2.49. The minimum Gasteiger partial charge on any atom is -0.468 e. The number of methoxy groups -OCH3 is 1. The van der Waals surface area contributed by atoms with Gasteiger partial charge < -0.3 is 10.1 Å². The molecule has 4 heteroatoms. The van der Waals surface area contributed by atoms with E-state index in [4.69, 9.17) is 4.74 Å². The van der Waals surface area contributed by atoms with Crippen LogP contribution in [0.3, 0.4) is 0 Å². The lowest BCUT2D eigenvalue weighted by molar-refractivity contribution is -0.143. The Labute approximate surface area is 118 Å². The van der Waals surface area contributed by atoms with Crippen molar-refractivity contribution in [2.45, 2.75) is 65.5 Å². The summed E-state index contributed by atoms with van der Waals surface area (Å²) in [4.78, 5) is 14.2. The van der Waals surface area contributed by atoms with E-state index in [1.165, 1.54) is 26.4 Å². The van der Waals surface area contributed by atoms with Gasteiger partial charge in [-0.3, -0.25) is 9.69 Å². The second-order valence-electron chi connectivity index (χ2n) is 5.33. The highest BCUT2D eigenvalue weighted by atomic mass is 16.5. The summed E-state index contributed by atoms with van der Waals surface area (Å²) in [5.41, 5.74) is 0. The van der Waals surface area contributed by atoms with Gasteiger partial charge in [0.05, 0.1) is 7.11 Å². The van der Waals surface area contributed by atoms with E-state index in [9.17, 15) is 4.79 Å². The number of carbonyl (C=O) groups is 1. The maximum atomic E-state index is 11.8. The Balaban J connectivity index is 4.41. The number of ether oxygens (including phenoxy) is 1. The number of nitrogens with one attached hydrogen (secondary N) is 1. The number of hydrogen-bond acceptors (Lipinski definition) is 4. The predicted molar refractivity (Wildman–Crippen MR) is 80.3 cm³/mol. The summed E-state index contributed by atoms with van der Waals surface area (Å²) in [7, 11) is 1.46. The molecule has 1 N–H and O–H groups in total. The maximum absolute atomic E-state index is 11.8. The fourth-order valence-electron chi connectivity index (χ4n) is 2.04. The molecule has 0 aliphatic heterocycles. The molecule has 0 saturated heterocycles. The standard InChI is InChI=1S/C15H32N2O2/c1-6-8-9-11-17(13(3)4)12-14(15(18)19-5)16-10-7-2/h13-14,16H,6-12H2,1-5H3. The van der Waals surface area contributed by atoms with Crippen molar-refractivity contribution in [3.8, 4) is 0 Å². The van der Waals surface area contributed by atoms with Gasteiger partial charge >= 0.3 is 5.97 Å². The molecule has 0 aromatic rings. The minimum absolute atomic E-state index is 0.158. The number of unbranched alkanes of at least 4 members (excludes halogenated alkanes) is 2. The van der Waals surface area contributed by atoms with Gasteiger partial charge in [-0.1, -0.05) is 26.7 Å². The first kappa shape index (κ1) is 18.4. The highest BCUT2D eigenvalue weighted by Crippen LogP contribution is 2.05. The molecule has 0 bridgehead atoms. The topological polar surface area (TPSA) is 41.6 Å². The second-order valence-corrected chi connectivity index (χ2v) is 5.33. The SMILES string of the molecule is CCCCCN(CC(NCCC)C(=O)OC)C(C)C. The van der Waals surface area contributed by atoms with Crippen LogP contribution in [0, 0.1) is 0 Å². The van der Waals surface area contributed by atoms with Gasteiger partial charge in [0.1, 0.15) is 6.04 Å². The van der Waals surface area contributed by atoms with Crippen LogP contribution in [-0.4, -0.2) is 49.7 Å². The lowest BCUT2D eigenvalue weighted by atomic mass is 10.2. The molecular weight excluding hydrogens is 240 g/mol. The highest BCUT2D eigenvalue weighted by molar-refractivity contribution is 5.75. The molecule has 0 aliphatic carbocycles. The summed E-state index contributed by atoms with van der Waals surface area (Å²) in [5.74, 6) is -0.158. The number of carbonyl (C=O) groups excluding carboxylic acids is 1. The van der Waals surface area contributed by atoms with Gasteiger partial charge in [0, 0.05) is 12.6 Å². The van der Waals surface area contributed by atoms with E-state index in [2.05, 4.69) is 37.9 Å². The third-order valence-electron chi connectivity index (χ3n) is 3.32. The Morgan fingerprint density at radius 3 is 2.37 bits per heavy atom. The molecule has 19 heavy (non-hydrogen) atoms. The Morgan fingerprint density at radius 1 is 1.21 bits per heavy atom. The summed E-state index contributed by atoms with van der Waals surface area (Å²) in [6.45, 7) is 11.3. The van der Waals surface area contributed by atoms with Crippen LogP contribution in [0.15, 0.2) is 0 Å². The van der Waals surface area contributed by atoms with Gasteiger partial charge in [0.2, 0.25) is 0 Å². The van der Waals surface area contributed by atoms with Gasteiger partial charge in [-0.05, 0) is 39.8 Å². The molecular formula is C15H32N2O2. The molecule has 0 heterocycles. The van der Waals surface area contributed by atoms with E-state index in [1.54, 1.807) is 0 Å².